The van der Waals surface area contributed by atoms with Crippen molar-refractivity contribution in [3.05, 3.63) is 63.6 Å². The molecule has 5 nitrogen and oxygen atoms in total. The molecule has 0 spiro atoms. The second kappa shape index (κ2) is 7.23. The number of aromatic nitrogens is 1. The van der Waals surface area contributed by atoms with Crippen LogP contribution in [0.3, 0.4) is 0 Å². The fourth-order valence-corrected chi connectivity index (χ4v) is 3.52. The molecule has 1 fully saturated rings. The number of carbonyl (C=O) groups is 1. The van der Waals surface area contributed by atoms with Crippen LogP contribution < -0.4 is 5.56 Å². The normalized spacial score (nSPS) is 18.2. The molecule has 1 aromatic carbocycles. The van der Waals surface area contributed by atoms with Gasteiger partial charge in [-0.3, -0.25) is 14.3 Å². The van der Waals surface area contributed by atoms with Gasteiger partial charge >= 0.3 is 5.97 Å². The molecule has 132 valence electrons. The molecule has 1 saturated heterocycles. The van der Waals surface area contributed by atoms with Crippen molar-refractivity contribution in [3.8, 4) is 5.69 Å². The quantitative estimate of drug-likeness (QED) is 0.928. The Bertz CT molecular complexity index is 841. The van der Waals surface area contributed by atoms with E-state index >= 15 is 0 Å². The zero-order chi connectivity index (χ0) is 18.0. The van der Waals surface area contributed by atoms with Gasteiger partial charge in [-0.2, -0.15) is 0 Å². The van der Waals surface area contributed by atoms with Gasteiger partial charge in [-0.15, -0.1) is 0 Å². The lowest BCUT2D eigenvalue weighted by Crippen LogP contribution is -2.36. The number of benzene rings is 1. The van der Waals surface area contributed by atoms with E-state index < -0.39 is 11.5 Å². The summed E-state index contributed by atoms with van der Waals surface area (Å²) in [7, 11) is 0. The molecule has 0 amide bonds. The molecule has 0 aliphatic carbocycles. The highest BCUT2D eigenvalue weighted by molar-refractivity contribution is 5.88. The zero-order valence-electron chi connectivity index (χ0n) is 14.7. The van der Waals surface area contributed by atoms with Gasteiger partial charge in [0.05, 0.1) is 0 Å². The molecule has 2 aromatic rings. The molecule has 0 saturated carbocycles. The third-order valence-electron chi connectivity index (χ3n) is 5.03. The Morgan fingerprint density at radius 2 is 2.08 bits per heavy atom. The van der Waals surface area contributed by atoms with E-state index in [1.165, 1.54) is 23.8 Å². The molecule has 1 aromatic heterocycles. The first kappa shape index (κ1) is 17.4. The lowest BCUT2D eigenvalue weighted by Gasteiger charge is -2.33. The van der Waals surface area contributed by atoms with Gasteiger partial charge in [-0.05, 0) is 62.6 Å². The summed E-state index contributed by atoms with van der Waals surface area (Å²) in [4.78, 5) is 26.4. The second-order valence-corrected chi connectivity index (χ2v) is 6.84. The number of carboxylic acid groups (broad SMARTS) is 1. The molecule has 5 heteroatoms. The van der Waals surface area contributed by atoms with E-state index in [0.29, 0.717) is 17.3 Å². The van der Waals surface area contributed by atoms with Crippen LogP contribution in [0.5, 0.6) is 0 Å². The van der Waals surface area contributed by atoms with Crippen molar-refractivity contribution >= 4 is 5.97 Å². The minimum absolute atomic E-state index is 0.169. The predicted octanol–water partition coefficient (Wildman–Crippen LogP) is 3.22. The number of rotatable bonds is 4. The standard InChI is InChI=1S/C20H24N2O3/c1-14-9-11-22(19(23)18(14)20(24)25)17-8-5-7-16(12-17)13-21-10-4-3-6-15(21)2/h5,7-9,11-12,15H,3-4,6,10,13H2,1-2H3,(H,24,25). The first-order valence-corrected chi connectivity index (χ1v) is 8.76. The molecule has 1 N–H and O–H groups in total. The van der Waals surface area contributed by atoms with Gasteiger partial charge in [0.15, 0.2) is 0 Å². The number of hydrogen-bond donors (Lipinski definition) is 1. The van der Waals surface area contributed by atoms with Crippen LogP contribution in [0.25, 0.3) is 5.69 Å². The summed E-state index contributed by atoms with van der Waals surface area (Å²) >= 11 is 0. The highest BCUT2D eigenvalue weighted by Gasteiger charge is 2.19. The van der Waals surface area contributed by atoms with Crippen molar-refractivity contribution in [1.82, 2.24) is 9.47 Å². The molecule has 1 unspecified atom stereocenters. The van der Waals surface area contributed by atoms with Crippen molar-refractivity contribution < 1.29 is 9.90 Å². The number of hydrogen-bond acceptors (Lipinski definition) is 3. The lowest BCUT2D eigenvalue weighted by atomic mass is 10.0. The second-order valence-electron chi connectivity index (χ2n) is 6.84. The Labute approximate surface area is 147 Å². The maximum atomic E-state index is 12.6. The van der Waals surface area contributed by atoms with Crippen LogP contribution in [0, 0.1) is 6.92 Å². The summed E-state index contributed by atoms with van der Waals surface area (Å²) in [5.74, 6) is -1.19. The van der Waals surface area contributed by atoms with Gasteiger partial charge < -0.3 is 5.11 Å². The number of likely N-dealkylation sites (tertiary alicyclic amines) is 1. The first-order chi connectivity index (χ1) is 12.0. The zero-order valence-corrected chi connectivity index (χ0v) is 14.7. The predicted molar refractivity (Wildman–Crippen MR) is 97.5 cm³/mol. The van der Waals surface area contributed by atoms with Gasteiger partial charge in [0, 0.05) is 24.5 Å². The summed E-state index contributed by atoms with van der Waals surface area (Å²) in [6, 6.07) is 10.0. The Hall–Kier alpha value is -2.40. The SMILES string of the molecule is Cc1ccn(-c2cccc(CN3CCCCC3C)c2)c(=O)c1C(=O)O. The molecule has 25 heavy (non-hydrogen) atoms. The Morgan fingerprint density at radius 3 is 2.80 bits per heavy atom. The number of pyridine rings is 1. The molecule has 2 heterocycles. The van der Waals surface area contributed by atoms with Gasteiger partial charge in [0.25, 0.3) is 5.56 Å². The van der Waals surface area contributed by atoms with Crippen LogP contribution in [-0.4, -0.2) is 33.1 Å². The van der Waals surface area contributed by atoms with Crippen LogP contribution in [0.2, 0.25) is 0 Å². The van der Waals surface area contributed by atoms with Crippen molar-refractivity contribution in [2.24, 2.45) is 0 Å². The highest BCUT2D eigenvalue weighted by Crippen LogP contribution is 2.20. The van der Waals surface area contributed by atoms with Crippen LogP contribution in [-0.2, 0) is 6.54 Å². The van der Waals surface area contributed by atoms with E-state index in [1.807, 2.05) is 18.2 Å². The average Bonchev–Trinajstić information content (AvgIpc) is 2.57. The average molecular weight is 340 g/mol. The van der Waals surface area contributed by atoms with Crippen molar-refractivity contribution in [3.63, 3.8) is 0 Å². The number of carboxylic acids is 1. The highest BCUT2D eigenvalue weighted by atomic mass is 16.4. The van der Waals surface area contributed by atoms with E-state index in [4.69, 9.17) is 0 Å². The van der Waals surface area contributed by atoms with E-state index in [9.17, 15) is 14.7 Å². The number of aromatic carboxylic acids is 1. The van der Waals surface area contributed by atoms with E-state index in [1.54, 1.807) is 19.2 Å². The van der Waals surface area contributed by atoms with Crippen molar-refractivity contribution in [2.45, 2.75) is 45.7 Å². The third-order valence-corrected chi connectivity index (χ3v) is 5.03. The maximum Gasteiger partial charge on any atom is 0.341 e. The Kier molecular flexibility index (Phi) is 5.04. The fraction of sp³-hybridized carbons (Fsp3) is 0.400. The molecule has 0 bridgehead atoms. The largest absolute Gasteiger partial charge is 0.477 e. The number of nitrogens with zero attached hydrogens (tertiary/aromatic N) is 2. The molecular weight excluding hydrogens is 316 g/mol. The van der Waals surface area contributed by atoms with Crippen molar-refractivity contribution in [1.29, 1.82) is 0 Å². The smallest absolute Gasteiger partial charge is 0.341 e. The lowest BCUT2D eigenvalue weighted by molar-refractivity contribution is 0.0693. The van der Waals surface area contributed by atoms with Crippen LogP contribution in [0.1, 0.15) is 47.7 Å². The van der Waals surface area contributed by atoms with Crippen LogP contribution >= 0.6 is 0 Å². The van der Waals surface area contributed by atoms with E-state index in [2.05, 4.69) is 17.9 Å². The van der Waals surface area contributed by atoms with Gasteiger partial charge in [0.2, 0.25) is 0 Å². The van der Waals surface area contributed by atoms with Crippen LogP contribution in [0.4, 0.5) is 0 Å². The first-order valence-electron chi connectivity index (χ1n) is 8.76. The Balaban J connectivity index is 1.93. The summed E-state index contributed by atoms with van der Waals surface area (Å²) in [6.45, 7) is 5.84. The minimum atomic E-state index is -1.19. The number of piperidine rings is 1. The van der Waals surface area contributed by atoms with Gasteiger partial charge in [-0.1, -0.05) is 18.6 Å². The maximum absolute atomic E-state index is 12.6. The molecule has 1 aliphatic heterocycles. The van der Waals surface area contributed by atoms with E-state index in [-0.39, 0.29) is 5.56 Å². The summed E-state index contributed by atoms with van der Waals surface area (Å²) < 4.78 is 1.42. The summed E-state index contributed by atoms with van der Waals surface area (Å²) in [5.41, 5.74) is 1.66. The molecule has 1 aliphatic rings. The Morgan fingerprint density at radius 1 is 1.28 bits per heavy atom. The van der Waals surface area contributed by atoms with Gasteiger partial charge in [0.1, 0.15) is 5.56 Å². The minimum Gasteiger partial charge on any atom is -0.477 e. The topological polar surface area (TPSA) is 62.5 Å². The summed E-state index contributed by atoms with van der Waals surface area (Å²) in [5, 5.41) is 9.30. The molecule has 1 atom stereocenters. The van der Waals surface area contributed by atoms with Crippen molar-refractivity contribution in [2.75, 3.05) is 6.54 Å². The van der Waals surface area contributed by atoms with E-state index in [0.717, 1.165) is 18.7 Å². The fourth-order valence-electron chi connectivity index (χ4n) is 3.52. The molecule has 3 rings (SSSR count). The van der Waals surface area contributed by atoms with Crippen LogP contribution in [0.15, 0.2) is 41.3 Å². The number of aryl methyl sites for hydroxylation is 1. The van der Waals surface area contributed by atoms with Gasteiger partial charge in [-0.25, -0.2) is 4.79 Å². The molecular formula is C20H24N2O3. The summed E-state index contributed by atoms with van der Waals surface area (Å²) in [6.07, 6.45) is 5.38. The third kappa shape index (κ3) is 3.66. The monoisotopic (exact) mass is 340 g/mol. The molecule has 0 radical (unpaired) electrons.